The van der Waals surface area contributed by atoms with Crippen LogP contribution < -0.4 is 19.9 Å². The number of carbonyl (C=O) groups is 1. The van der Waals surface area contributed by atoms with Crippen molar-refractivity contribution >= 4 is 23.1 Å². The average Bonchev–Trinajstić information content (AvgIpc) is 2.91. The van der Waals surface area contributed by atoms with Gasteiger partial charge >= 0.3 is 0 Å². The van der Waals surface area contributed by atoms with Crippen molar-refractivity contribution in [1.82, 2.24) is 9.97 Å². The van der Waals surface area contributed by atoms with Crippen LogP contribution in [0.15, 0.2) is 67.0 Å². The molecule has 0 radical (unpaired) electrons. The number of morpholine rings is 1. The molecule has 0 bridgehead atoms. The number of piperidine rings is 1. The van der Waals surface area contributed by atoms with Gasteiger partial charge in [-0.2, -0.15) is 0 Å². The molecule has 0 saturated carbocycles. The van der Waals surface area contributed by atoms with Crippen LogP contribution in [0.3, 0.4) is 0 Å². The molecule has 2 saturated heterocycles. The highest BCUT2D eigenvalue weighted by molar-refractivity contribution is 5.93. The number of nitrogens with zero attached hydrogens (tertiary/aromatic N) is 4. The Hall–Kier alpha value is -3.65. The lowest BCUT2D eigenvalue weighted by Crippen LogP contribution is -2.41. The van der Waals surface area contributed by atoms with Gasteiger partial charge in [0.05, 0.1) is 19.1 Å². The molecule has 8 nitrogen and oxygen atoms in total. The number of benzene rings is 2. The van der Waals surface area contributed by atoms with Crippen molar-refractivity contribution < 1.29 is 14.3 Å². The molecule has 0 spiro atoms. The highest BCUT2D eigenvalue weighted by Gasteiger charge is 2.28. The van der Waals surface area contributed by atoms with Crippen LogP contribution in [0.1, 0.15) is 12.8 Å². The van der Waals surface area contributed by atoms with Gasteiger partial charge in [0.2, 0.25) is 5.91 Å². The number of hydrogen-bond donors (Lipinski definition) is 1. The van der Waals surface area contributed by atoms with E-state index in [9.17, 15) is 4.79 Å². The standard InChI is InChI=1S/C26H29N5O3/c32-25(29-21-8-10-22(11-9-21)30-15-17-33-18-16-30)20-5-4-14-31(19-20)24-26(28-13-12-27-24)34-23-6-2-1-3-7-23/h1-3,6-13,20H,4-5,14-19H2,(H,29,32)/t20-/m1/s1. The molecule has 0 unspecified atom stereocenters. The van der Waals surface area contributed by atoms with E-state index in [0.717, 1.165) is 57.1 Å². The van der Waals surface area contributed by atoms with Gasteiger partial charge < -0.3 is 24.6 Å². The zero-order valence-corrected chi connectivity index (χ0v) is 19.1. The molecule has 1 N–H and O–H groups in total. The SMILES string of the molecule is O=C(Nc1ccc(N2CCOCC2)cc1)[C@@H]1CCCN(c2nccnc2Oc2ccccc2)C1. The minimum atomic E-state index is -0.140. The maximum absolute atomic E-state index is 13.1. The molecule has 0 aliphatic carbocycles. The first-order valence-corrected chi connectivity index (χ1v) is 11.8. The summed E-state index contributed by atoms with van der Waals surface area (Å²) < 4.78 is 11.4. The normalized spacial score (nSPS) is 18.4. The second-order valence-corrected chi connectivity index (χ2v) is 8.52. The highest BCUT2D eigenvalue weighted by atomic mass is 16.5. The molecule has 8 heteroatoms. The van der Waals surface area contributed by atoms with Crippen molar-refractivity contribution in [2.45, 2.75) is 12.8 Å². The Morgan fingerprint density at radius 1 is 0.941 bits per heavy atom. The predicted molar refractivity (Wildman–Crippen MR) is 132 cm³/mol. The molecule has 3 aromatic rings. The Morgan fingerprint density at radius 3 is 2.50 bits per heavy atom. The van der Waals surface area contributed by atoms with E-state index in [1.165, 1.54) is 0 Å². The summed E-state index contributed by atoms with van der Waals surface area (Å²) >= 11 is 0. The Balaban J connectivity index is 1.23. The Labute approximate surface area is 199 Å². The predicted octanol–water partition coefficient (Wildman–Crippen LogP) is 3.96. The molecule has 2 aliphatic heterocycles. The molecular formula is C26H29N5O3. The second kappa shape index (κ2) is 10.5. The van der Waals surface area contributed by atoms with Gasteiger partial charge in [0.25, 0.3) is 5.88 Å². The fourth-order valence-electron chi connectivity index (χ4n) is 4.41. The zero-order valence-electron chi connectivity index (χ0n) is 19.1. The van der Waals surface area contributed by atoms with Crippen molar-refractivity contribution in [1.29, 1.82) is 0 Å². The third-order valence-electron chi connectivity index (χ3n) is 6.21. The molecule has 5 rings (SSSR count). The van der Waals surface area contributed by atoms with Crippen molar-refractivity contribution in [3.63, 3.8) is 0 Å². The number of hydrogen-bond acceptors (Lipinski definition) is 7. The number of rotatable bonds is 6. The first kappa shape index (κ1) is 22.2. The van der Waals surface area contributed by atoms with Gasteiger partial charge in [0.1, 0.15) is 5.75 Å². The number of aromatic nitrogens is 2. The number of carbonyl (C=O) groups excluding carboxylic acids is 1. The smallest absolute Gasteiger partial charge is 0.263 e. The minimum Gasteiger partial charge on any atom is -0.436 e. The summed E-state index contributed by atoms with van der Waals surface area (Å²) in [6.07, 6.45) is 5.02. The van der Waals surface area contributed by atoms with Gasteiger partial charge in [-0.1, -0.05) is 18.2 Å². The minimum absolute atomic E-state index is 0.0261. The molecule has 2 fully saturated rings. The summed E-state index contributed by atoms with van der Waals surface area (Å²) in [5, 5.41) is 3.09. The van der Waals surface area contributed by atoms with Gasteiger partial charge in [0, 0.05) is 49.9 Å². The van der Waals surface area contributed by atoms with E-state index in [2.05, 4.69) is 37.2 Å². The lowest BCUT2D eigenvalue weighted by atomic mass is 9.97. The van der Waals surface area contributed by atoms with E-state index in [-0.39, 0.29) is 11.8 Å². The molecule has 2 aliphatic rings. The van der Waals surface area contributed by atoms with Crippen molar-refractivity contribution in [3.8, 4) is 11.6 Å². The maximum atomic E-state index is 13.1. The first-order chi connectivity index (χ1) is 16.8. The molecule has 2 aromatic carbocycles. The zero-order chi connectivity index (χ0) is 23.2. The van der Waals surface area contributed by atoms with Crippen LogP contribution in [-0.2, 0) is 9.53 Å². The Bertz CT molecular complexity index is 1090. The van der Waals surface area contributed by atoms with Crippen LogP contribution in [0.5, 0.6) is 11.6 Å². The summed E-state index contributed by atoms with van der Waals surface area (Å²) in [5.74, 6) is 1.71. The van der Waals surface area contributed by atoms with Crippen LogP contribution in [0, 0.1) is 5.92 Å². The van der Waals surface area contributed by atoms with Gasteiger partial charge in [-0.05, 0) is 49.2 Å². The topological polar surface area (TPSA) is 79.8 Å². The van der Waals surface area contributed by atoms with Crippen molar-refractivity contribution in [2.75, 3.05) is 54.5 Å². The molecule has 34 heavy (non-hydrogen) atoms. The fraction of sp³-hybridized carbons (Fsp3) is 0.346. The van der Waals surface area contributed by atoms with Crippen LogP contribution in [0.4, 0.5) is 17.2 Å². The van der Waals surface area contributed by atoms with E-state index < -0.39 is 0 Å². The number of nitrogens with one attached hydrogen (secondary N) is 1. The highest BCUT2D eigenvalue weighted by Crippen LogP contribution is 2.31. The number of amides is 1. The molecule has 1 aromatic heterocycles. The maximum Gasteiger partial charge on any atom is 0.263 e. The number of ether oxygens (including phenoxy) is 2. The summed E-state index contributed by atoms with van der Waals surface area (Å²) in [6, 6.07) is 17.6. The Morgan fingerprint density at radius 2 is 1.71 bits per heavy atom. The largest absolute Gasteiger partial charge is 0.436 e. The van der Waals surface area contributed by atoms with Crippen LogP contribution in [-0.4, -0.2) is 55.3 Å². The van der Waals surface area contributed by atoms with E-state index in [1.807, 2.05) is 42.5 Å². The van der Waals surface area contributed by atoms with Crippen molar-refractivity contribution in [2.24, 2.45) is 5.92 Å². The monoisotopic (exact) mass is 459 g/mol. The average molecular weight is 460 g/mol. The van der Waals surface area contributed by atoms with E-state index in [0.29, 0.717) is 24.0 Å². The third-order valence-corrected chi connectivity index (χ3v) is 6.21. The molecule has 1 atom stereocenters. The van der Waals surface area contributed by atoms with Crippen LogP contribution in [0.25, 0.3) is 0 Å². The lowest BCUT2D eigenvalue weighted by Gasteiger charge is -2.33. The second-order valence-electron chi connectivity index (χ2n) is 8.52. The van der Waals surface area contributed by atoms with Crippen LogP contribution in [0.2, 0.25) is 0 Å². The Kier molecular flexibility index (Phi) is 6.86. The quantitative estimate of drug-likeness (QED) is 0.598. The molecule has 176 valence electrons. The molecule has 1 amide bonds. The van der Waals surface area contributed by atoms with E-state index in [4.69, 9.17) is 9.47 Å². The van der Waals surface area contributed by atoms with E-state index in [1.54, 1.807) is 12.4 Å². The van der Waals surface area contributed by atoms with Gasteiger partial charge in [-0.25, -0.2) is 9.97 Å². The summed E-state index contributed by atoms with van der Waals surface area (Å²) in [6.45, 7) is 4.66. The van der Waals surface area contributed by atoms with Crippen LogP contribution >= 0.6 is 0 Å². The third kappa shape index (κ3) is 5.28. The first-order valence-electron chi connectivity index (χ1n) is 11.8. The summed E-state index contributed by atoms with van der Waals surface area (Å²) in [4.78, 5) is 26.4. The summed E-state index contributed by atoms with van der Waals surface area (Å²) in [5.41, 5.74) is 1.96. The van der Waals surface area contributed by atoms with E-state index >= 15 is 0 Å². The molecule has 3 heterocycles. The van der Waals surface area contributed by atoms with Gasteiger partial charge in [-0.15, -0.1) is 0 Å². The number of anilines is 3. The number of para-hydroxylation sites is 1. The fourth-order valence-corrected chi connectivity index (χ4v) is 4.41. The van der Waals surface area contributed by atoms with Crippen molar-refractivity contribution in [3.05, 3.63) is 67.0 Å². The lowest BCUT2D eigenvalue weighted by molar-refractivity contribution is -0.120. The van der Waals surface area contributed by atoms with Gasteiger partial charge in [-0.3, -0.25) is 4.79 Å². The molecular weight excluding hydrogens is 430 g/mol. The summed E-state index contributed by atoms with van der Waals surface area (Å²) in [7, 11) is 0. The van der Waals surface area contributed by atoms with Gasteiger partial charge in [0.15, 0.2) is 5.82 Å².